The van der Waals surface area contributed by atoms with E-state index in [9.17, 15) is 14.7 Å². The summed E-state index contributed by atoms with van der Waals surface area (Å²) < 4.78 is 12.5. The van der Waals surface area contributed by atoms with Crippen LogP contribution >= 0.6 is 11.3 Å². The van der Waals surface area contributed by atoms with Gasteiger partial charge in [-0.1, -0.05) is 30.3 Å². The van der Waals surface area contributed by atoms with Gasteiger partial charge in [0.1, 0.15) is 6.54 Å². The van der Waals surface area contributed by atoms with Crippen molar-refractivity contribution < 1.29 is 24.2 Å². The average Bonchev–Trinajstić information content (AvgIpc) is 3.57. The lowest BCUT2D eigenvalue weighted by atomic mass is 10.2. The van der Waals surface area contributed by atoms with Gasteiger partial charge >= 0.3 is 0 Å². The van der Waals surface area contributed by atoms with Crippen LogP contribution in [0.3, 0.4) is 0 Å². The number of nitrogens with one attached hydrogen (secondary N) is 1. The molecule has 0 spiro atoms. The summed E-state index contributed by atoms with van der Waals surface area (Å²) in [5.41, 5.74) is 1.82. The molecule has 9 nitrogen and oxygen atoms in total. The van der Waals surface area contributed by atoms with Crippen molar-refractivity contribution in [1.29, 1.82) is 0 Å². The first-order chi connectivity index (χ1) is 16.1. The number of amides is 2. The quantitative estimate of drug-likeness (QED) is 0.416. The van der Waals surface area contributed by atoms with Crippen LogP contribution in [-0.4, -0.2) is 34.8 Å². The minimum atomic E-state index is -0.632. The Bertz CT molecular complexity index is 1380. The molecule has 0 bridgehead atoms. The van der Waals surface area contributed by atoms with Crippen LogP contribution < -0.4 is 14.8 Å². The van der Waals surface area contributed by atoms with Gasteiger partial charge in [0.25, 0.3) is 11.8 Å². The summed E-state index contributed by atoms with van der Waals surface area (Å²) in [6.07, 6.45) is 0. The Morgan fingerprint density at radius 2 is 1.94 bits per heavy atom. The number of nitrogens with zero attached hydrogens (tertiary/aromatic N) is 3. The number of carbonyl (C=O) groups excluding carboxylic acids is 2. The molecule has 0 saturated heterocycles. The summed E-state index contributed by atoms with van der Waals surface area (Å²) in [5.74, 6) is 0.231. The molecule has 4 aromatic rings. The third kappa shape index (κ3) is 4.15. The summed E-state index contributed by atoms with van der Waals surface area (Å²) >= 11 is 1.28. The Kier molecular flexibility index (Phi) is 5.49. The van der Waals surface area contributed by atoms with Crippen molar-refractivity contribution in [3.63, 3.8) is 0 Å². The van der Waals surface area contributed by atoms with Crippen LogP contribution in [0.4, 0.5) is 5.69 Å². The molecule has 2 amide bonds. The second-order valence-corrected chi connectivity index (χ2v) is 8.16. The first kappa shape index (κ1) is 20.7. The van der Waals surface area contributed by atoms with Gasteiger partial charge in [0.05, 0.1) is 16.9 Å². The Hall–Kier alpha value is -4.18. The van der Waals surface area contributed by atoms with Crippen LogP contribution in [0.25, 0.3) is 10.9 Å². The Balaban J connectivity index is 1.37. The van der Waals surface area contributed by atoms with E-state index in [1.54, 1.807) is 28.1 Å². The second-order valence-electron chi connectivity index (χ2n) is 7.22. The standard InChI is InChI=1S/C23H18N4O5S/c28-20(11-24-22(29)19-6-3-9-33-19)25-26-21-15-4-1-2-5-16(15)27(23(21)30)12-14-7-8-17-18(10-14)32-13-31-17/h1-10,30H,11-13H2,(H,24,29). The molecule has 2 aromatic heterocycles. The van der Waals surface area contributed by atoms with E-state index in [0.29, 0.717) is 28.3 Å². The zero-order valence-electron chi connectivity index (χ0n) is 17.2. The SMILES string of the molecule is O=C(CNC(=O)c1cccs1)N=Nc1c(O)n(Cc2ccc3c(c2)OCO3)c2ccccc12. The molecule has 5 rings (SSSR count). The van der Waals surface area contributed by atoms with E-state index in [4.69, 9.17) is 9.47 Å². The number of thiophene rings is 1. The lowest BCUT2D eigenvalue weighted by Gasteiger charge is -2.08. The maximum Gasteiger partial charge on any atom is 0.283 e. The number of hydrogen-bond acceptors (Lipinski definition) is 7. The van der Waals surface area contributed by atoms with Gasteiger partial charge in [0.2, 0.25) is 12.7 Å². The summed E-state index contributed by atoms with van der Waals surface area (Å²) in [5, 5.41) is 23.5. The van der Waals surface area contributed by atoms with Gasteiger partial charge in [-0.15, -0.1) is 21.6 Å². The second kappa shape index (κ2) is 8.75. The predicted molar refractivity (Wildman–Crippen MR) is 121 cm³/mol. The third-order valence-electron chi connectivity index (χ3n) is 5.10. The van der Waals surface area contributed by atoms with Gasteiger partial charge in [-0.05, 0) is 35.2 Å². The number of azo groups is 1. The Morgan fingerprint density at radius 1 is 1.09 bits per heavy atom. The number of aromatic hydroxyl groups is 1. The zero-order valence-corrected chi connectivity index (χ0v) is 18.0. The first-order valence-corrected chi connectivity index (χ1v) is 10.9. The number of para-hydroxylation sites is 1. The molecule has 33 heavy (non-hydrogen) atoms. The van der Waals surface area contributed by atoms with Gasteiger partial charge in [0, 0.05) is 5.39 Å². The van der Waals surface area contributed by atoms with Crippen LogP contribution in [0.1, 0.15) is 15.2 Å². The molecule has 0 aliphatic carbocycles. The van der Waals surface area contributed by atoms with E-state index in [0.717, 1.165) is 11.1 Å². The number of carbonyl (C=O) groups is 2. The van der Waals surface area contributed by atoms with E-state index in [1.165, 1.54) is 11.3 Å². The predicted octanol–water partition coefficient (Wildman–Crippen LogP) is 4.23. The molecular weight excluding hydrogens is 444 g/mol. The highest BCUT2D eigenvalue weighted by Crippen LogP contribution is 2.40. The maximum absolute atomic E-state index is 12.2. The molecule has 3 heterocycles. The van der Waals surface area contributed by atoms with Gasteiger partial charge < -0.3 is 24.5 Å². The van der Waals surface area contributed by atoms with Gasteiger partial charge in [0.15, 0.2) is 17.2 Å². The van der Waals surface area contributed by atoms with Crippen molar-refractivity contribution in [3.8, 4) is 17.4 Å². The molecule has 0 unspecified atom stereocenters. The maximum atomic E-state index is 12.2. The van der Waals surface area contributed by atoms with Crippen molar-refractivity contribution in [1.82, 2.24) is 9.88 Å². The number of hydrogen-bond donors (Lipinski definition) is 2. The van der Waals surface area contributed by atoms with E-state index in [-0.39, 0.29) is 30.8 Å². The van der Waals surface area contributed by atoms with Crippen molar-refractivity contribution in [2.24, 2.45) is 10.2 Å². The molecule has 0 saturated carbocycles. The highest BCUT2D eigenvalue weighted by atomic mass is 32.1. The minimum Gasteiger partial charge on any atom is -0.493 e. The van der Waals surface area contributed by atoms with Crippen molar-refractivity contribution in [2.75, 3.05) is 13.3 Å². The van der Waals surface area contributed by atoms with Crippen molar-refractivity contribution in [2.45, 2.75) is 6.54 Å². The number of benzene rings is 2. The highest BCUT2D eigenvalue weighted by molar-refractivity contribution is 7.12. The molecule has 2 aromatic carbocycles. The van der Waals surface area contributed by atoms with Gasteiger partial charge in [-0.2, -0.15) is 0 Å². The first-order valence-electron chi connectivity index (χ1n) is 10.0. The largest absolute Gasteiger partial charge is 0.493 e. The summed E-state index contributed by atoms with van der Waals surface area (Å²) in [6.45, 7) is 0.239. The van der Waals surface area contributed by atoms with Crippen LogP contribution in [0.5, 0.6) is 17.4 Å². The Labute approximate surface area is 191 Å². The van der Waals surface area contributed by atoms with E-state index < -0.39 is 5.91 Å². The summed E-state index contributed by atoms with van der Waals surface area (Å²) in [4.78, 5) is 24.6. The molecule has 1 aliphatic heterocycles. The van der Waals surface area contributed by atoms with Gasteiger partial charge in [-0.3, -0.25) is 9.59 Å². The lowest BCUT2D eigenvalue weighted by Crippen LogP contribution is -2.27. The van der Waals surface area contributed by atoms with Crippen molar-refractivity contribution >= 4 is 39.7 Å². The molecule has 0 atom stereocenters. The summed E-state index contributed by atoms with van der Waals surface area (Å²) in [7, 11) is 0. The van der Waals surface area contributed by atoms with Gasteiger partial charge in [-0.25, -0.2) is 0 Å². The fourth-order valence-corrected chi connectivity index (χ4v) is 4.18. The lowest BCUT2D eigenvalue weighted by molar-refractivity contribution is -0.117. The molecular formula is C23H18N4O5S. The molecule has 2 N–H and O–H groups in total. The summed E-state index contributed by atoms with van der Waals surface area (Å²) in [6, 6.07) is 16.3. The van der Waals surface area contributed by atoms with Crippen LogP contribution in [-0.2, 0) is 11.3 Å². The fourth-order valence-electron chi connectivity index (χ4n) is 3.54. The number of fused-ring (bicyclic) bond motifs is 2. The molecule has 10 heteroatoms. The zero-order chi connectivity index (χ0) is 22.8. The number of rotatable bonds is 6. The topological polar surface area (TPSA) is 115 Å². The minimum absolute atomic E-state index is 0.118. The van der Waals surface area contributed by atoms with E-state index >= 15 is 0 Å². The monoisotopic (exact) mass is 462 g/mol. The van der Waals surface area contributed by atoms with Crippen molar-refractivity contribution in [3.05, 3.63) is 70.4 Å². The van der Waals surface area contributed by atoms with Crippen LogP contribution in [0, 0.1) is 0 Å². The third-order valence-corrected chi connectivity index (χ3v) is 5.97. The smallest absolute Gasteiger partial charge is 0.283 e. The fraction of sp³-hybridized carbons (Fsp3) is 0.130. The number of ether oxygens (including phenoxy) is 2. The van der Waals surface area contributed by atoms with E-state index in [1.807, 2.05) is 36.4 Å². The molecule has 0 radical (unpaired) electrons. The highest BCUT2D eigenvalue weighted by Gasteiger charge is 2.19. The molecule has 1 aliphatic rings. The Morgan fingerprint density at radius 3 is 2.79 bits per heavy atom. The average molecular weight is 462 g/mol. The number of aromatic nitrogens is 1. The van der Waals surface area contributed by atoms with Crippen LogP contribution in [0.15, 0.2) is 70.2 Å². The van der Waals surface area contributed by atoms with Crippen LogP contribution in [0.2, 0.25) is 0 Å². The molecule has 0 fully saturated rings. The van der Waals surface area contributed by atoms with E-state index in [2.05, 4.69) is 15.5 Å². The molecule has 166 valence electrons. The normalized spacial score (nSPS) is 12.5.